The fraction of sp³-hybridized carbons (Fsp3) is 0.444. The van der Waals surface area contributed by atoms with Crippen LogP contribution in [0.2, 0.25) is 0 Å². The lowest BCUT2D eigenvalue weighted by molar-refractivity contribution is -0.152. The average molecular weight is 436 g/mol. The van der Waals surface area contributed by atoms with Crippen LogP contribution in [0.5, 0.6) is 0 Å². The van der Waals surface area contributed by atoms with Crippen LogP contribution in [0.15, 0.2) is 35.0 Å². The molecule has 2 aliphatic rings. The topological polar surface area (TPSA) is 80.0 Å². The second-order valence-corrected chi connectivity index (χ2v) is 7.02. The maximum absolute atomic E-state index is 13.0. The van der Waals surface area contributed by atoms with E-state index >= 15 is 0 Å². The van der Waals surface area contributed by atoms with E-state index in [9.17, 15) is 31.1 Å². The van der Waals surface area contributed by atoms with Crippen molar-refractivity contribution in [3.05, 3.63) is 46.7 Å². The maximum Gasteiger partial charge on any atom is 0.416 e. The molecule has 1 aromatic carbocycles. The number of hydrazine groups is 1. The lowest BCUT2D eigenvalue weighted by Crippen LogP contribution is -2.62. The number of nitrogens with one attached hydrogen (secondary N) is 1. The van der Waals surface area contributed by atoms with Gasteiger partial charge in [-0.15, -0.1) is 0 Å². The maximum atomic E-state index is 13.0. The first-order valence-corrected chi connectivity index (χ1v) is 8.82. The minimum Gasteiger partial charge on any atom is -0.459 e. The lowest BCUT2D eigenvalue weighted by atomic mass is 9.92. The van der Waals surface area contributed by atoms with Gasteiger partial charge in [-0.25, -0.2) is 10.2 Å². The summed E-state index contributed by atoms with van der Waals surface area (Å²) in [4.78, 5) is 16.8. The Kier molecular flexibility index (Phi) is 5.58. The van der Waals surface area contributed by atoms with Crippen molar-refractivity contribution in [3.8, 4) is 0 Å². The van der Waals surface area contributed by atoms with Gasteiger partial charge in [-0.3, -0.25) is 4.99 Å². The molecule has 0 aliphatic carbocycles. The number of halogens is 6. The molecule has 0 saturated heterocycles. The van der Waals surface area contributed by atoms with Gasteiger partial charge in [0.1, 0.15) is 6.61 Å². The summed E-state index contributed by atoms with van der Waals surface area (Å²) in [6.45, 7) is 1.65. The van der Waals surface area contributed by atoms with Crippen molar-refractivity contribution in [1.82, 2.24) is 10.4 Å². The second kappa shape index (κ2) is 7.58. The Hall–Kier alpha value is -2.60. The Morgan fingerprint density at radius 3 is 2.33 bits per heavy atom. The molecule has 2 atom stereocenters. The molecule has 2 unspecified atom stereocenters. The van der Waals surface area contributed by atoms with E-state index in [4.69, 9.17) is 10.5 Å². The van der Waals surface area contributed by atoms with Crippen molar-refractivity contribution >= 4 is 12.2 Å². The highest BCUT2D eigenvalue weighted by molar-refractivity contribution is 5.90. The Labute approximate surface area is 167 Å². The van der Waals surface area contributed by atoms with Crippen LogP contribution in [0.1, 0.15) is 23.6 Å². The molecule has 2 heterocycles. The molecular formula is C18H18F6N4O2. The molecule has 3 N–H and O–H groups in total. The van der Waals surface area contributed by atoms with E-state index in [2.05, 4.69) is 10.4 Å². The number of hydrogen-bond acceptors (Lipinski definition) is 6. The molecule has 6 nitrogen and oxygen atoms in total. The third-order valence-corrected chi connectivity index (χ3v) is 4.76. The number of fused-ring (bicyclic) bond motifs is 1. The SMILES string of the molecule is CC(N)C1(C(=O)OCc2cc(C(F)(F)F)cc(C(F)(F)F)c2)C=C2C=NCCN2N1. The van der Waals surface area contributed by atoms with Crippen molar-refractivity contribution in [3.63, 3.8) is 0 Å². The van der Waals surface area contributed by atoms with E-state index in [0.717, 1.165) is 0 Å². The number of carbonyl (C=O) groups is 1. The van der Waals surface area contributed by atoms with E-state index in [1.807, 2.05) is 0 Å². The molecule has 12 heteroatoms. The smallest absolute Gasteiger partial charge is 0.416 e. The van der Waals surface area contributed by atoms with Gasteiger partial charge in [0.05, 0.1) is 29.9 Å². The first-order chi connectivity index (χ1) is 13.8. The summed E-state index contributed by atoms with van der Waals surface area (Å²) in [5.74, 6) is -0.932. The van der Waals surface area contributed by atoms with Gasteiger partial charge in [-0.1, -0.05) is 0 Å². The van der Waals surface area contributed by atoms with Gasteiger partial charge in [0.2, 0.25) is 0 Å². The Morgan fingerprint density at radius 2 is 1.83 bits per heavy atom. The minimum absolute atomic E-state index is 0.00895. The largest absolute Gasteiger partial charge is 0.459 e. The summed E-state index contributed by atoms with van der Waals surface area (Å²) >= 11 is 0. The number of allylic oxidation sites excluding steroid dienone is 1. The molecule has 3 rings (SSSR count). The highest BCUT2D eigenvalue weighted by Gasteiger charge is 2.48. The number of nitrogens with zero attached hydrogens (tertiary/aromatic N) is 2. The monoisotopic (exact) mass is 436 g/mol. The molecule has 0 spiro atoms. The molecule has 164 valence electrons. The van der Waals surface area contributed by atoms with Gasteiger partial charge in [0, 0.05) is 12.3 Å². The molecular weight excluding hydrogens is 418 g/mol. The van der Waals surface area contributed by atoms with E-state index in [-0.39, 0.29) is 6.07 Å². The quantitative estimate of drug-likeness (QED) is 0.561. The Bertz CT molecular complexity index is 861. The van der Waals surface area contributed by atoms with Gasteiger partial charge in [-0.2, -0.15) is 26.3 Å². The zero-order valence-electron chi connectivity index (χ0n) is 15.6. The highest BCUT2D eigenvalue weighted by atomic mass is 19.4. The van der Waals surface area contributed by atoms with Crippen LogP contribution in [0.25, 0.3) is 0 Å². The first-order valence-electron chi connectivity index (χ1n) is 8.82. The first kappa shape index (κ1) is 22.1. The van der Waals surface area contributed by atoms with Gasteiger partial charge in [0.15, 0.2) is 5.54 Å². The summed E-state index contributed by atoms with van der Waals surface area (Å²) in [6.07, 6.45) is -6.98. The molecule has 0 fully saturated rings. The van der Waals surface area contributed by atoms with Crippen LogP contribution >= 0.6 is 0 Å². The van der Waals surface area contributed by atoms with Gasteiger partial charge < -0.3 is 15.5 Å². The van der Waals surface area contributed by atoms with Crippen LogP contribution in [-0.2, 0) is 28.5 Å². The minimum atomic E-state index is -4.99. The van der Waals surface area contributed by atoms with Crippen molar-refractivity contribution in [2.24, 2.45) is 10.7 Å². The van der Waals surface area contributed by atoms with Crippen molar-refractivity contribution in [2.75, 3.05) is 13.1 Å². The number of nitrogens with two attached hydrogens (primary N) is 1. The standard InChI is InChI=1S/C18H18F6N4O2/c1-10(25)16(7-14-8-26-2-3-28(14)27-16)15(29)30-9-11-4-12(17(19,20)21)6-13(5-11)18(22,23)24/h4-8,10,27H,2-3,9,25H2,1H3. The molecule has 0 aromatic heterocycles. The van der Waals surface area contributed by atoms with Gasteiger partial charge in [-0.05, 0) is 36.8 Å². The summed E-state index contributed by atoms with van der Waals surface area (Å²) in [7, 11) is 0. The predicted molar refractivity (Wildman–Crippen MR) is 93.9 cm³/mol. The summed E-state index contributed by atoms with van der Waals surface area (Å²) in [6, 6.07) is 0.216. The second-order valence-electron chi connectivity index (χ2n) is 7.02. The zero-order chi connectivity index (χ0) is 22.3. The van der Waals surface area contributed by atoms with Crippen LogP contribution in [0, 0.1) is 0 Å². The lowest BCUT2D eigenvalue weighted by Gasteiger charge is -2.32. The normalized spacial score (nSPS) is 22.5. The molecule has 0 bridgehead atoms. The van der Waals surface area contributed by atoms with Crippen molar-refractivity contribution in [1.29, 1.82) is 0 Å². The third kappa shape index (κ3) is 4.29. The predicted octanol–water partition coefficient (Wildman–Crippen LogP) is 2.64. The number of hydrogen-bond donors (Lipinski definition) is 2. The number of aliphatic imine (C=N–C) groups is 1. The molecule has 30 heavy (non-hydrogen) atoms. The molecule has 0 radical (unpaired) electrons. The fourth-order valence-electron chi connectivity index (χ4n) is 3.13. The summed E-state index contributed by atoms with van der Waals surface area (Å²) < 4.78 is 83.0. The number of alkyl halides is 6. The molecule has 2 aliphatic heterocycles. The van der Waals surface area contributed by atoms with Crippen LogP contribution in [-0.4, -0.2) is 41.9 Å². The Morgan fingerprint density at radius 1 is 1.23 bits per heavy atom. The van der Waals surface area contributed by atoms with Crippen LogP contribution in [0.4, 0.5) is 26.3 Å². The number of esters is 1. The van der Waals surface area contributed by atoms with Gasteiger partial charge >= 0.3 is 18.3 Å². The third-order valence-electron chi connectivity index (χ3n) is 4.76. The van der Waals surface area contributed by atoms with E-state index < -0.39 is 53.2 Å². The van der Waals surface area contributed by atoms with E-state index in [0.29, 0.717) is 30.9 Å². The van der Waals surface area contributed by atoms with Gasteiger partial charge in [0.25, 0.3) is 0 Å². The van der Waals surface area contributed by atoms with Crippen LogP contribution < -0.4 is 11.2 Å². The van der Waals surface area contributed by atoms with Crippen molar-refractivity contribution in [2.45, 2.75) is 37.5 Å². The molecule has 0 amide bonds. The van der Waals surface area contributed by atoms with Crippen LogP contribution in [0.3, 0.4) is 0 Å². The number of rotatable bonds is 4. The van der Waals surface area contributed by atoms with E-state index in [1.54, 1.807) is 5.01 Å². The molecule has 0 saturated carbocycles. The zero-order valence-corrected chi connectivity index (χ0v) is 15.6. The van der Waals surface area contributed by atoms with Crippen molar-refractivity contribution < 1.29 is 35.9 Å². The Balaban J connectivity index is 1.85. The fourth-order valence-corrected chi connectivity index (χ4v) is 3.13. The number of benzene rings is 1. The summed E-state index contributed by atoms with van der Waals surface area (Å²) in [5, 5.41) is 1.63. The molecule has 1 aromatic rings. The van der Waals surface area contributed by atoms with E-state index in [1.165, 1.54) is 19.2 Å². The number of ether oxygens (including phenoxy) is 1. The summed E-state index contributed by atoms with van der Waals surface area (Å²) in [5.41, 5.74) is 4.46. The average Bonchev–Trinajstić information content (AvgIpc) is 3.05. The number of carbonyl (C=O) groups excluding carboxylic acids is 1. The highest BCUT2D eigenvalue weighted by Crippen LogP contribution is 2.36.